The molecular weight excluding hydrogens is 378 g/mol. The average Bonchev–Trinajstić information content (AvgIpc) is 2.91. The fourth-order valence-corrected chi connectivity index (χ4v) is 4.20. The Labute approximate surface area is 135 Å². The van der Waals surface area contributed by atoms with Gasteiger partial charge in [-0.25, -0.2) is 13.2 Å². The van der Waals surface area contributed by atoms with E-state index in [-0.39, 0.29) is 16.3 Å². The van der Waals surface area contributed by atoms with Crippen LogP contribution in [0, 0.1) is 0 Å². The Balaban J connectivity index is 2.21. The summed E-state index contributed by atoms with van der Waals surface area (Å²) in [6.45, 7) is 0.216. The molecule has 0 spiro atoms. The molecule has 2 rings (SSSR count). The number of benzene rings is 1. The van der Waals surface area contributed by atoms with Crippen molar-refractivity contribution in [3.05, 3.63) is 50.6 Å². The number of rotatable bonds is 5. The third-order valence-electron chi connectivity index (χ3n) is 2.81. The van der Waals surface area contributed by atoms with Crippen LogP contribution in [0.3, 0.4) is 0 Å². The van der Waals surface area contributed by atoms with Crippen LogP contribution in [-0.4, -0.2) is 30.8 Å². The first kappa shape index (κ1) is 16.2. The summed E-state index contributed by atoms with van der Waals surface area (Å²) < 4.78 is 26.9. The van der Waals surface area contributed by atoms with Crippen molar-refractivity contribution in [1.29, 1.82) is 0 Å². The highest BCUT2D eigenvalue weighted by atomic mass is 79.9. The number of hydrogen-bond donors (Lipinski definition) is 1. The summed E-state index contributed by atoms with van der Waals surface area (Å²) in [6, 6.07) is 8.51. The van der Waals surface area contributed by atoms with Crippen molar-refractivity contribution in [1.82, 2.24) is 4.31 Å². The van der Waals surface area contributed by atoms with Crippen molar-refractivity contribution in [3.8, 4) is 0 Å². The van der Waals surface area contributed by atoms with Gasteiger partial charge in [0.25, 0.3) is 0 Å². The first-order valence-corrected chi connectivity index (χ1v) is 8.94. The van der Waals surface area contributed by atoms with Crippen molar-refractivity contribution in [2.75, 3.05) is 7.05 Å². The van der Waals surface area contributed by atoms with Crippen LogP contribution in [0.2, 0.25) is 0 Å². The van der Waals surface area contributed by atoms with Gasteiger partial charge >= 0.3 is 5.97 Å². The highest BCUT2D eigenvalue weighted by Gasteiger charge is 2.23. The van der Waals surface area contributed by atoms with Crippen LogP contribution in [0.1, 0.15) is 15.2 Å². The molecule has 0 aliphatic heterocycles. The molecule has 0 fully saturated rings. The minimum Gasteiger partial charge on any atom is -0.477 e. The molecule has 0 aliphatic rings. The average molecular weight is 390 g/mol. The van der Waals surface area contributed by atoms with Crippen LogP contribution in [0.5, 0.6) is 0 Å². The van der Waals surface area contributed by atoms with Gasteiger partial charge in [-0.15, -0.1) is 11.3 Å². The fraction of sp³-hybridized carbons (Fsp3) is 0.154. The molecule has 0 aliphatic carbocycles. The van der Waals surface area contributed by atoms with Crippen LogP contribution < -0.4 is 0 Å². The third kappa shape index (κ3) is 3.70. The first-order chi connectivity index (χ1) is 9.80. The van der Waals surface area contributed by atoms with E-state index < -0.39 is 16.0 Å². The van der Waals surface area contributed by atoms with E-state index in [4.69, 9.17) is 5.11 Å². The molecule has 1 N–H and O–H groups in total. The maximum atomic E-state index is 12.4. The zero-order valence-corrected chi connectivity index (χ0v) is 14.2. The third-order valence-corrected chi connectivity index (χ3v) is 6.19. The Bertz CT molecular complexity index is 753. The molecule has 8 heteroatoms. The Morgan fingerprint density at radius 3 is 2.48 bits per heavy atom. The predicted octanol–water partition coefficient (Wildman–Crippen LogP) is 3.03. The minimum atomic E-state index is -3.69. The number of carbonyl (C=O) groups is 1. The van der Waals surface area contributed by atoms with E-state index in [0.29, 0.717) is 0 Å². The SMILES string of the molecule is CN(Cc1ccc(Br)cc1)S(=O)(=O)c1csc(C(=O)O)c1. The van der Waals surface area contributed by atoms with E-state index in [2.05, 4.69) is 15.9 Å². The van der Waals surface area contributed by atoms with Gasteiger partial charge in [0.05, 0.1) is 4.90 Å². The molecule has 0 amide bonds. The largest absolute Gasteiger partial charge is 0.477 e. The van der Waals surface area contributed by atoms with Crippen molar-refractivity contribution in [3.63, 3.8) is 0 Å². The highest BCUT2D eigenvalue weighted by Crippen LogP contribution is 2.23. The molecule has 0 bridgehead atoms. The maximum Gasteiger partial charge on any atom is 0.345 e. The van der Waals surface area contributed by atoms with Gasteiger partial charge in [0.15, 0.2) is 0 Å². The van der Waals surface area contributed by atoms with E-state index in [1.54, 1.807) is 0 Å². The summed E-state index contributed by atoms with van der Waals surface area (Å²) in [5.41, 5.74) is 0.845. The Morgan fingerprint density at radius 2 is 1.95 bits per heavy atom. The topological polar surface area (TPSA) is 74.7 Å². The maximum absolute atomic E-state index is 12.4. The fourth-order valence-electron chi connectivity index (χ4n) is 1.68. The standard InChI is InChI=1S/C13H12BrNO4S2/c1-15(7-9-2-4-10(14)5-3-9)21(18,19)11-6-12(13(16)17)20-8-11/h2-6,8H,7H2,1H3,(H,16,17). The lowest BCUT2D eigenvalue weighted by molar-refractivity contribution is 0.0702. The minimum absolute atomic E-state index is 0.00418. The quantitative estimate of drug-likeness (QED) is 0.852. The Morgan fingerprint density at radius 1 is 1.33 bits per heavy atom. The van der Waals surface area contributed by atoms with E-state index in [1.807, 2.05) is 24.3 Å². The van der Waals surface area contributed by atoms with Crippen LogP contribution >= 0.6 is 27.3 Å². The van der Waals surface area contributed by atoms with Gasteiger partial charge in [0.2, 0.25) is 10.0 Å². The van der Waals surface area contributed by atoms with Gasteiger partial charge < -0.3 is 5.11 Å². The van der Waals surface area contributed by atoms with Crippen LogP contribution in [-0.2, 0) is 16.6 Å². The van der Waals surface area contributed by atoms with Gasteiger partial charge in [-0.1, -0.05) is 28.1 Å². The summed E-state index contributed by atoms with van der Waals surface area (Å²) >= 11 is 4.22. The second kappa shape index (κ2) is 6.27. The molecule has 0 radical (unpaired) electrons. The Kier molecular flexibility index (Phi) is 4.82. The molecule has 1 aromatic carbocycles. The number of thiophene rings is 1. The number of aromatic carboxylic acids is 1. The number of nitrogens with zero attached hydrogens (tertiary/aromatic N) is 1. The zero-order valence-electron chi connectivity index (χ0n) is 11.0. The molecule has 5 nitrogen and oxygen atoms in total. The lowest BCUT2D eigenvalue weighted by Crippen LogP contribution is -2.26. The molecule has 1 aromatic heterocycles. The predicted molar refractivity (Wildman–Crippen MR) is 84.1 cm³/mol. The van der Waals surface area contributed by atoms with Gasteiger partial charge in [0, 0.05) is 23.4 Å². The molecule has 112 valence electrons. The number of carboxylic acid groups (broad SMARTS) is 1. The smallest absolute Gasteiger partial charge is 0.345 e. The summed E-state index contributed by atoms with van der Waals surface area (Å²) in [5.74, 6) is -1.13. The summed E-state index contributed by atoms with van der Waals surface area (Å²) in [7, 11) is -2.22. The van der Waals surface area contributed by atoms with Gasteiger partial charge in [-0.3, -0.25) is 0 Å². The molecule has 21 heavy (non-hydrogen) atoms. The summed E-state index contributed by atoms with van der Waals surface area (Å²) in [4.78, 5) is 10.8. The molecule has 0 unspecified atom stereocenters. The molecule has 0 saturated carbocycles. The van der Waals surface area contributed by atoms with Crippen molar-refractivity contribution in [2.24, 2.45) is 0 Å². The van der Waals surface area contributed by atoms with Gasteiger partial charge in [-0.05, 0) is 23.8 Å². The number of halogens is 1. The lowest BCUT2D eigenvalue weighted by Gasteiger charge is -2.16. The van der Waals surface area contributed by atoms with Crippen molar-refractivity contribution < 1.29 is 18.3 Å². The second-order valence-corrected chi connectivity index (χ2v) is 8.21. The van der Waals surface area contributed by atoms with Crippen LogP contribution in [0.15, 0.2) is 45.1 Å². The van der Waals surface area contributed by atoms with Crippen molar-refractivity contribution in [2.45, 2.75) is 11.4 Å². The second-order valence-electron chi connectivity index (χ2n) is 4.34. The number of carboxylic acids is 1. The van der Waals surface area contributed by atoms with Gasteiger partial charge in [0.1, 0.15) is 4.88 Å². The van der Waals surface area contributed by atoms with Gasteiger partial charge in [-0.2, -0.15) is 4.31 Å². The van der Waals surface area contributed by atoms with E-state index in [1.165, 1.54) is 22.8 Å². The summed E-state index contributed by atoms with van der Waals surface area (Å²) in [5, 5.41) is 10.2. The van der Waals surface area contributed by atoms with Crippen LogP contribution in [0.25, 0.3) is 0 Å². The molecule has 0 atom stereocenters. The van der Waals surface area contributed by atoms with Crippen molar-refractivity contribution >= 4 is 43.3 Å². The molecule has 0 saturated heterocycles. The Hall–Kier alpha value is -1.22. The molecule has 2 aromatic rings. The zero-order chi connectivity index (χ0) is 15.6. The highest BCUT2D eigenvalue weighted by molar-refractivity contribution is 9.10. The number of hydrogen-bond acceptors (Lipinski definition) is 4. The van der Waals surface area contributed by atoms with E-state index in [0.717, 1.165) is 21.4 Å². The lowest BCUT2D eigenvalue weighted by atomic mass is 10.2. The monoisotopic (exact) mass is 389 g/mol. The summed E-state index contributed by atoms with van der Waals surface area (Å²) in [6.07, 6.45) is 0. The van der Waals surface area contributed by atoms with E-state index in [9.17, 15) is 13.2 Å². The van der Waals surface area contributed by atoms with Crippen LogP contribution in [0.4, 0.5) is 0 Å². The molecular formula is C13H12BrNO4S2. The molecule has 1 heterocycles. The van der Waals surface area contributed by atoms with E-state index >= 15 is 0 Å². The normalized spacial score (nSPS) is 11.8. The number of sulfonamides is 1. The first-order valence-electron chi connectivity index (χ1n) is 5.83.